The number of benzene rings is 1. The first-order chi connectivity index (χ1) is 13.4. The average Bonchev–Trinajstić information content (AvgIpc) is 2.66. The Bertz CT molecular complexity index is 718. The number of halogens is 1. The Morgan fingerprint density at radius 1 is 1.24 bits per heavy atom. The zero-order chi connectivity index (χ0) is 20.3. The smallest absolute Gasteiger partial charge is 0.293 e. The van der Waals surface area contributed by atoms with Crippen LogP contribution < -0.4 is 10.2 Å². The fraction of sp³-hybridized carbons (Fsp3) is 0.667. The average molecular weight is 425 g/mol. The Kier molecular flexibility index (Phi) is 8.28. The summed E-state index contributed by atoms with van der Waals surface area (Å²) in [5.41, 5.74) is 1.08. The molecule has 2 aliphatic heterocycles. The fourth-order valence-electron chi connectivity index (χ4n) is 4.82. The second-order valence-corrected chi connectivity index (χ2v) is 8.63. The number of piperidine rings is 2. The molecule has 1 aromatic rings. The number of nitrogens with zero attached hydrogens (tertiary/aromatic N) is 3. The van der Waals surface area contributed by atoms with E-state index in [0.717, 1.165) is 45.4 Å². The van der Waals surface area contributed by atoms with Crippen LogP contribution in [-0.2, 0) is 0 Å². The molecular weight excluding hydrogens is 392 g/mol. The zero-order valence-corrected chi connectivity index (χ0v) is 18.4. The molecule has 3 atom stereocenters. The first-order valence-corrected chi connectivity index (χ1v) is 10.4. The lowest BCUT2D eigenvalue weighted by Gasteiger charge is -2.36. The molecule has 1 aromatic carbocycles. The van der Waals surface area contributed by atoms with E-state index in [0.29, 0.717) is 35.5 Å². The highest BCUT2D eigenvalue weighted by molar-refractivity contribution is 5.96. The maximum atomic E-state index is 13.0. The lowest BCUT2D eigenvalue weighted by atomic mass is 9.91. The van der Waals surface area contributed by atoms with E-state index >= 15 is 0 Å². The van der Waals surface area contributed by atoms with Gasteiger partial charge in [-0.2, -0.15) is 0 Å². The molecule has 2 fully saturated rings. The second kappa shape index (κ2) is 10.3. The number of carbonyl (C=O) groups is 1. The number of nitrogens with one attached hydrogen (secondary N) is 1. The van der Waals surface area contributed by atoms with Gasteiger partial charge < -0.3 is 15.1 Å². The minimum Gasteiger partial charge on any atom is -0.365 e. The number of carbonyl (C=O) groups excluding carboxylic acids is 1. The van der Waals surface area contributed by atoms with Gasteiger partial charge in [0.25, 0.3) is 11.6 Å². The first kappa shape index (κ1) is 23.4. The van der Waals surface area contributed by atoms with Gasteiger partial charge in [-0.3, -0.25) is 14.9 Å². The number of nitro benzene ring substituents is 1. The third-order valence-electron chi connectivity index (χ3n) is 5.93. The Balaban J connectivity index is 0.00000300. The molecule has 0 radical (unpaired) electrons. The lowest BCUT2D eigenvalue weighted by Crippen LogP contribution is -2.42. The largest absolute Gasteiger partial charge is 0.365 e. The normalized spacial score (nSPS) is 24.7. The maximum absolute atomic E-state index is 13.0. The van der Waals surface area contributed by atoms with Gasteiger partial charge in [0.15, 0.2) is 0 Å². The van der Waals surface area contributed by atoms with Crippen LogP contribution in [0.1, 0.15) is 43.5 Å². The third-order valence-corrected chi connectivity index (χ3v) is 5.93. The molecule has 0 aliphatic carbocycles. The summed E-state index contributed by atoms with van der Waals surface area (Å²) >= 11 is 0. The predicted molar refractivity (Wildman–Crippen MR) is 118 cm³/mol. The second-order valence-electron chi connectivity index (χ2n) is 8.63. The van der Waals surface area contributed by atoms with Crippen molar-refractivity contribution in [1.82, 2.24) is 10.2 Å². The van der Waals surface area contributed by atoms with E-state index in [9.17, 15) is 14.9 Å². The van der Waals surface area contributed by atoms with Gasteiger partial charge in [0, 0.05) is 37.8 Å². The van der Waals surface area contributed by atoms with Gasteiger partial charge in [-0.15, -0.1) is 12.4 Å². The van der Waals surface area contributed by atoms with E-state index < -0.39 is 0 Å². The molecule has 3 unspecified atom stereocenters. The van der Waals surface area contributed by atoms with Crippen molar-refractivity contribution in [3.8, 4) is 0 Å². The van der Waals surface area contributed by atoms with Gasteiger partial charge in [-0.05, 0) is 62.7 Å². The van der Waals surface area contributed by atoms with Crippen LogP contribution in [0.4, 0.5) is 11.4 Å². The predicted octanol–water partition coefficient (Wildman–Crippen LogP) is 3.57. The van der Waals surface area contributed by atoms with E-state index in [1.54, 1.807) is 12.1 Å². The van der Waals surface area contributed by atoms with Crippen LogP contribution >= 0.6 is 12.4 Å². The highest BCUT2D eigenvalue weighted by Crippen LogP contribution is 2.34. The molecule has 7 nitrogen and oxygen atoms in total. The number of hydrogen-bond acceptors (Lipinski definition) is 5. The van der Waals surface area contributed by atoms with Crippen LogP contribution in [0.3, 0.4) is 0 Å². The lowest BCUT2D eigenvalue weighted by molar-refractivity contribution is -0.384. The monoisotopic (exact) mass is 424 g/mol. The minimum atomic E-state index is -0.351. The molecule has 0 bridgehead atoms. The summed E-state index contributed by atoms with van der Waals surface area (Å²) in [7, 11) is 1.92. The van der Waals surface area contributed by atoms with Crippen LogP contribution in [0.5, 0.6) is 0 Å². The van der Waals surface area contributed by atoms with Crippen LogP contribution in [-0.4, -0.2) is 55.5 Å². The van der Waals surface area contributed by atoms with Crippen molar-refractivity contribution in [3.63, 3.8) is 0 Å². The number of likely N-dealkylation sites (tertiary alicyclic amines) is 1. The zero-order valence-electron chi connectivity index (χ0n) is 17.6. The molecule has 2 aliphatic rings. The van der Waals surface area contributed by atoms with E-state index in [4.69, 9.17) is 0 Å². The van der Waals surface area contributed by atoms with Gasteiger partial charge in [-0.1, -0.05) is 13.8 Å². The Labute approximate surface area is 179 Å². The van der Waals surface area contributed by atoms with Gasteiger partial charge in [0.1, 0.15) is 5.69 Å². The van der Waals surface area contributed by atoms with Crippen molar-refractivity contribution in [2.24, 2.45) is 17.8 Å². The summed E-state index contributed by atoms with van der Waals surface area (Å²) in [6.45, 7) is 8.31. The molecule has 2 saturated heterocycles. The van der Waals surface area contributed by atoms with Gasteiger partial charge >= 0.3 is 0 Å². The highest BCUT2D eigenvalue weighted by atomic mass is 35.5. The molecule has 1 amide bonds. The molecule has 2 heterocycles. The van der Waals surface area contributed by atoms with Crippen LogP contribution in [0, 0.1) is 27.9 Å². The minimum absolute atomic E-state index is 0. The summed E-state index contributed by atoms with van der Waals surface area (Å²) in [5, 5.41) is 14.9. The van der Waals surface area contributed by atoms with Crippen molar-refractivity contribution in [3.05, 3.63) is 33.9 Å². The summed E-state index contributed by atoms with van der Waals surface area (Å²) < 4.78 is 0. The maximum Gasteiger partial charge on any atom is 0.293 e. The van der Waals surface area contributed by atoms with Gasteiger partial charge in [-0.25, -0.2) is 0 Å². The number of hydrogen-bond donors (Lipinski definition) is 1. The number of amides is 1. The van der Waals surface area contributed by atoms with E-state index in [-0.39, 0.29) is 28.9 Å². The Hall–Kier alpha value is -1.86. The molecule has 0 spiro atoms. The van der Waals surface area contributed by atoms with Crippen molar-refractivity contribution in [2.75, 3.05) is 44.7 Å². The number of rotatable bonds is 5. The molecule has 29 heavy (non-hydrogen) atoms. The highest BCUT2D eigenvalue weighted by Gasteiger charge is 2.29. The van der Waals surface area contributed by atoms with Crippen LogP contribution in [0.15, 0.2) is 18.2 Å². The van der Waals surface area contributed by atoms with Gasteiger partial charge in [0.05, 0.1) is 4.92 Å². The van der Waals surface area contributed by atoms with Crippen molar-refractivity contribution in [2.45, 2.75) is 33.1 Å². The molecule has 8 heteroatoms. The van der Waals surface area contributed by atoms with Crippen LogP contribution in [0.2, 0.25) is 0 Å². The number of anilines is 1. The first-order valence-electron chi connectivity index (χ1n) is 10.4. The van der Waals surface area contributed by atoms with E-state index in [1.807, 2.05) is 11.9 Å². The van der Waals surface area contributed by atoms with Crippen molar-refractivity contribution in [1.29, 1.82) is 0 Å². The number of nitro groups is 1. The van der Waals surface area contributed by atoms with E-state index in [2.05, 4.69) is 24.1 Å². The molecule has 3 rings (SSSR count). The molecule has 1 N–H and O–H groups in total. The Morgan fingerprint density at radius 3 is 2.55 bits per heavy atom. The van der Waals surface area contributed by atoms with Crippen molar-refractivity contribution < 1.29 is 9.72 Å². The molecule has 0 saturated carbocycles. The molecule has 162 valence electrons. The topological polar surface area (TPSA) is 78.7 Å². The summed E-state index contributed by atoms with van der Waals surface area (Å²) in [6, 6.07) is 5.00. The third kappa shape index (κ3) is 5.60. The van der Waals surface area contributed by atoms with Crippen molar-refractivity contribution >= 4 is 29.7 Å². The fourth-order valence-corrected chi connectivity index (χ4v) is 4.82. The van der Waals surface area contributed by atoms with E-state index in [1.165, 1.54) is 6.07 Å². The molecule has 0 aromatic heterocycles. The standard InChI is InChI=1S/C21H32N4O3.ClH/c1-15-9-16(2)13-24(12-15)19-7-6-18(10-20(19)25(27)28)21(26)23-8-4-5-17(14-23)11-22-3;/h6-7,10,15-17,22H,4-5,8-9,11-14H2,1-3H3;1H. The summed E-state index contributed by atoms with van der Waals surface area (Å²) in [6.07, 6.45) is 3.22. The quantitative estimate of drug-likeness (QED) is 0.577. The SMILES string of the molecule is CNCC1CCCN(C(=O)c2ccc(N3CC(C)CC(C)C3)c([N+](=O)[O-])c2)C1.Cl. The summed E-state index contributed by atoms with van der Waals surface area (Å²) in [4.78, 5) is 28.3. The Morgan fingerprint density at radius 2 is 1.93 bits per heavy atom. The van der Waals surface area contributed by atoms with Gasteiger partial charge in [0.2, 0.25) is 0 Å². The summed E-state index contributed by atoms with van der Waals surface area (Å²) in [5.74, 6) is 1.34. The van der Waals surface area contributed by atoms with Crippen LogP contribution in [0.25, 0.3) is 0 Å². The molecular formula is C21H33ClN4O3.